The molecule has 1 saturated carbocycles. The van der Waals surface area contributed by atoms with Gasteiger partial charge in [0.2, 0.25) is 11.8 Å². The van der Waals surface area contributed by atoms with E-state index in [2.05, 4.69) is 15.9 Å². The number of piperazine rings is 1. The lowest BCUT2D eigenvalue weighted by Gasteiger charge is -2.38. The second-order valence-corrected chi connectivity index (χ2v) is 5.90. The summed E-state index contributed by atoms with van der Waals surface area (Å²) in [6.07, 6.45) is 4.79. The zero-order valence-electron chi connectivity index (χ0n) is 10.2. The maximum Gasteiger partial charge on any atom is 0.242 e. The second kappa shape index (κ2) is 4.96. The van der Waals surface area contributed by atoms with Crippen molar-refractivity contribution in [2.24, 2.45) is 5.41 Å². The molecule has 0 bridgehead atoms. The van der Waals surface area contributed by atoms with Gasteiger partial charge < -0.3 is 9.80 Å². The summed E-state index contributed by atoms with van der Waals surface area (Å²) in [7, 11) is 1.69. The Balaban J connectivity index is 2.02. The molecule has 1 aliphatic carbocycles. The summed E-state index contributed by atoms with van der Waals surface area (Å²) in [6.45, 7) is 1.22. The molecule has 2 amide bonds. The average molecular weight is 303 g/mol. The van der Waals surface area contributed by atoms with Crippen molar-refractivity contribution in [3.05, 3.63) is 0 Å². The topological polar surface area (TPSA) is 40.6 Å². The van der Waals surface area contributed by atoms with Crippen molar-refractivity contribution in [1.82, 2.24) is 9.80 Å². The maximum atomic E-state index is 11.9. The first-order valence-electron chi connectivity index (χ1n) is 6.14. The van der Waals surface area contributed by atoms with Crippen LogP contribution in [0.2, 0.25) is 0 Å². The second-order valence-electron chi connectivity index (χ2n) is 5.34. The number of carbonyl (C=O) groups is 2. The van der Waals surface area contributed by atoms with Gasteiger partial charge in [0, 0.05) is 18.9 Å². The largest absolute Gasteiger partial charge is 0.335 e. The van der Waals surface area contributed by atoms with Crippen LogP contribution in [0.4, 0.5) is 0 Å². The molecule has 2 fully saturated rings. The summed E-state index contributed by atoms with van der Waals surface area (Å²) >= 11 is 3.57. The number of carbonyl (C=O) groups excluding carboxylic acids is 2. The zero-order chi connectivity index (χ0) is 12.5. The monoisotopic (exact) mass is 302 g/mol. The van der Waals surface area contributed by atoms with Gasteiger partial charge in [0.05, 0.1) is 13.1 Å². The van der Waals surface area contributed by atoms with Crippen LogP contribution in [-0.4, -0.2) is 53.6 Å². The van der Waals surface area contributed by atoms with Gasteiger partial charge in [-0.25, -0.2) is 0 Å². The van der Waals surface area contributed by atoms with Crippen molar-refractivity contribution < 1.29 is 9.59 Å². The van der Waals surface area contributed by atoms with Gasteiger partial charge in [-0.15, -0.1) is 0 Å². The summed E-state index contributed by atoms with van der Waals surface area (Å²) in [5.41, 5.74) is 0.200. The third-order valence-electron chi connectivity index (χ3n) is 3.95. The lowest BCUT2D eigenvalue weighted by Crippen LogP contribution is -2.54. The Morgan fingerprint density at radius 1 is 1.18 bits per heavy atom. The van der Waals surface area contributed by atoms with Crippen LogP contribution in [0.5, 0.6) is 0 Å². The molecular formula is C12H19BrN2O2. The standard InChI is InChI=1S/C12H19BrN2O2/c1-14-6-11(17)15(7-10(14)16)9-12(8-13)4-2-3-5-12/h2-9H2,1H3. The van der Waals surface area contributed by atoms with E-state index in [0.29, 0.717) is 0 Å². The molecule has 96 valence electrons. The number of alkyl halides is 1. The summed E-state index contributed by atoms with van der Waals surface area (Å²) < 4.78 is 0. The Labute approximate surface area is 110 Å². The highest BCUT2D eigenvalue weighted by Gasteiger charge is 2.38. The van der Waals surface area contributed by atoms with Crippen LogP contribution in [0.25, 0.3) is 0 Å². The van der Waals surface area contributed by atoms with Crippen LogP contribution in [0.1, 0.15) is 25.7 Å². The molecule has 2 aliphatic rings. The fraction of sp³-hybridized carbons (Fsp3) is 0.833. The van der Waals surface area contributed by atoms with E-state index in [-0.39, 0.29) is 30.3 Å². The third-order valence-corrected chi connectivity index (χ3v) is 5.14. The SMILES string of the molecule is CN1CC(=O)N(CC2(CBr)CCCC2)CC1=O. The van der Waals surface area contributed by atoms with E-state index in [0.717, 1.165) is 24.7 Å². The van der Waals surface area contributed by atoms with Crippen molar-refractivity contribution in [3.8, 4) is 0 Å². The maximum absolute atomic E-state index is 11.9. The van der Waals surface area contributed by atoms with Crippen molar-refractivity contribution in [2.75, 3.05) is 32.0 Å². The van der Waals surface area contributed by atoms with Gasteiger partial charge in [-0.2, -0.15) is 0 Å². The van der Waals surface area contributed by atoms with Crippen LogP contribution >= 0.6 is 15.9 Å². The van der Waals surface area contributed by atoms with Gasteiger partial charge in [-0.3, -0.25) is 9.59 Å². The Morgan fingerprint density at radius 2 is 1.82 bits per heavy atom. The Kier molecular flexibility index (Phi) is 3.76. The van der Waals surface area contributed by atoms with E-state index in [1.807, 2.05) is 0 Å². The van der Waals surface area contributed by atoms with Crippen LogP contribution in [0.15, 0.2) is 0 Å². The summed E-state index contributed by atoms with van der Waals surface area (Å²) in [6, 6.07) is 0. The van der Waals surface area contributed by atoms with E-state index in [4.69, 9.17) is 0 Å². The van der Waals surface area contributed by atoms with E-state index in [9.17, 15) is 9.59 Å². The molecule has 0 aromatic rings. The molecule has 0 atom stereocenters. The molecule has 0 N–H and O–H groups in total. The molecule has 0 aromatic carbocycles. The summed E-state index contributed by atoms with van der Waals surface area (Å²) in [5.74, 6) is 0.131. The van der Waals surface area contributed by atoms with E-state index >= 15 is 0 Å². The summed E-state index contributed by atoms with van der Waals surface area (Å²) in [4.78, 5) is 26.8. The molecule has 1 heterocycles. The van der Waals surface area contributed by atoms with Crippen LogP contribution in [-0.2, 0) is 9.59 Å². The molecule has 0 aromatic heterocycles. The first-order chi connectivity index (χ1) is 8.06. The zero-order valence-corrected chi connectivity index (χ0v) is 11.8. The quantitative estimate of drug-likeness (QED) is 0.736. The minimum absolute atomic E-state index is 0.0484. The summed E-state index contributed by atoms with van der Waals surface area (Å²) in [5, 5.41) is 0.924. The fourth-order valence-electron chi connectivity index (χ4n) is 2.77. The first-order valence-corrected chi connectivity index (χ1v) is 7.26. The van der Waals surface area contributed by atoms with Gasteiger partial charge in [0.1, 0.15) is 0 Å². The Hall–Kier alpha value is -0.580. The molecule has 17 heavy (non-hydrogen) atoms. The van der Waals surface area contributed by atoms with Crippen LogP contribution in [0.3, 0.4) is 0 Å². The highest BCUT2D eigenvalue weighted by Crippen LogP contribution is 2.40. The van der Waals surface area contributed by atoms with Crippen molar-refractivity contribution in [2.45, 2.75) is 25.7 Å². The molecule has 0 radical (unpaired) electrons. The molecule has 5 heteroatoms. The van der Waals surface area contributed by atoms with E-state index in [1.165, 1.54) is 17.7 Å². The van der Waals surface area contributed by atoms with Crippen molar-refractivity contribution in [1.29, 1.82) is 0 Å². The molecule has 1 aliphatic heterocycles. The molecule has 1 saturated heterocycles. The van der Waals surface area contributed by atoms with Crippen LogP contribution in [0, 0.1) is 5.41 Å². The molecule has 2 rings (SSSR count). The number of amides is 2. The minimum Gasteiger partial charge on any atom is -0.335 e. The highest BCUT2D eigenvalue weighted by atomic mass is 79.9. The Bertz CT molecular complexity index is 326. The number of nitrogens with zero attached hydrogens (tertiary/aromatic N) is 2. The normalized spacial score (nSPS) is 24.6. The molecule has 0 spiro atoms. The molecule has 4 nitrogen and oxygen atoms in total. The van der Waals surface area contributed by atoms with Crippen molar-refractivity contribution >= 4 is 27.7 Å². The first kappa shape index (κ1) is 12.9. The fourth-order valence-corrected chi connectivity index (χ4v) is 3.51. The molecule has 0 unspecified atom stereocenters. The van der Waals surface area contributed by atoms with Gasteiger partial charge >= 0.3 is 0 Å². The van der Waals surface area contributed by atoms with E-state index in [1.54, 1.807) is 11.9 Å². The highest BCUT2D eigenvalue weighted by molar-refractivity contribution is 9.09. The van der Waals surface area contributed by atoms with Gasteiger partial charge in [0.15, 0.2) is 0 Å². The smallest absolute Gasteiger partial charge is 0.242 e. The number of halogens is 1. The van der Waals surface area contributed by atoms with Gasteiger partial charge in [-0.05, 0) is 18.3 Å². The van der Waals surface area contributed by atoms with Gasteiger partial charge in [0.25, 0.3) is 0 Å². The lowest BCUT2D eigenvalue weighted by molar-refractivity contribution is -0.150. The predicted octanol–water partition coefficient (Wildman–Crippen LogP) is 1.24. The minimum atomic E-state index is 0.0484. The van der Waals surface area contributed by atoms with E-state index < -0.39 is 0 Å². The number of hydrogen-bond acceptors (Lipinski definition) is 2. The average Bonchev–Trinajstić information content (AvgIpc) is 2.75. The number of rotatable bonds is 3. The Morgan fingerprint density at radius 3 is 2.41 bits per heavy atom. The number of likely N-dealkylation sites (N-methyl/N-ethyl adjacent to an activating group) is 1. The van der Waals surface area contributed by atoms with Gasteiger partial charge in [-0.1, -0.05) is 28.8 Å². The predicted molar refractivity (Wildman–Crippen MR) is 68.9 cm³/mol. The number of hydrogen-bond donors (Lipinski definition) is 0. The lowest BCUT2D eigenvalue weighted by atomic mass is 9.88. The van der Waals surface area contributed by atoms with Crippen LogP contribution < -0.4 is 0 Å². The molecular weight excluding hydrogens is 284 g/mol. The van der Waals surface area contributed by atoms with Crippen molar-refractivity contribution in [3.63, 3.8) is 0 Å². The third kappa shape index (κ3) is 2.64.